The number of nitrogens with zero attached hydrogens (tertiary/aromatic N) is 3. The number of rotatable bonds is 3. The predicted octanol–water partition coefficient (Wildman–Crippen LogP) is 0.244. The van der Waals surface area contributed by atoms with Crippen molar-refractivity contribution in [3.05, 3.63) is 41.0 Å². The van der Waals surface area contributed by atoms with Gasteiger partial charge in [0, 0.05) is 18.0 Å². The zero-order chi connectivity index (χ0) is 13.9. The van der Waals surface area contributed by atoms with Crippen LogP contribution in [-0.2, 0) is 19.4 Å². The first-order valence-corrected chi connectivity index (χ1v) is 6.42. The lowest BCUT2D eigenvalue weighted by atomic mass is 9.92. The zero-order valence-corrected chi connectivity index (χ0v) is 10.7. The van der Waals surface area contributed by atoms with Crippen LogP contribution in [0.25, 0.3) is 0 Å². The third kappa shape index (κ3) is 2.39. The summed E-state index contributed by atoms with van der Waals surface area (Å²) in [7, 11) is 0. The Morgan fingerprint density at radius 2 is 2.40 bits per heavy atom. The van der Waals surface area contributed by atoms with E-state index in [2.05, 4.69) is 20.7 Å². The Morgan fingerprint density at radius 3 is 3.15 bits per heavy atom. The number of amides is 1. The number of aromatic nitrogens is 3. The molecule has 0 radical (unpaired) electrons. The average molecular weight is 274 g/mol. The second-order valence-corrected chi connectivity index (χ2v) is 4.73. The lowest BCUT2D eigenvalue weighted by Crippen LogP contribution is -2.38. The van der Waals surface area contributed by atoms with E-state index in [0.29, 0.717) is 24.1 Å². The van der Waals surface area contributed by atoms with Crippen molar-refractivity contribution in [2.45, 2.75) is 31.9 Å². The Hall–Kier alpha value is -2.28. The number of hydrogen-bond acceptors (Lipinski definition) is 6. The topological polar surface area (TPSA) is 101 Å². The van der Waals surface area contributed by atoms with Gasteiger partial charge in [-0.3, -0.25) is 4.79 Å². The number of aliphatic hydroxyl groups is 1. The van der Waals surface area contributed by atoms with E-state index in [-0.39, 0.29) is 18.6 Å². The van der Waals surface area contributed by atoms with E-state index in [9.17, 15) is 9.90 Å². The van der Waals surface area contributed by atoms with E-state index < -0.39 is 0 Å². The molecule has 3 rings (SSSR count). The highest BCUT2D eigenvalue weighted by Gasteiger charge is 2.26. The molecule has 20 heavy (non-hydrogen) atoms. The van der Waals surface area contributed by atoms with Crippen molar-refractivity contribution in [3.63, 3.8) is 0 Å². The van der Waals surface area contributed by atoms with Gasteiger partial charge in [-0.1, -0.05) is 5.16 Å². The van der Waals surface area contributed by atoms with Crippen LogP contribution in [0.15, 0.2) is 23.0 Å². The largest absolute Gasteiger partial charge is 0.390 e. The molecule has 2 aromatic rings. The fourth-order valence-electron chi connectivity index (χ4n) is 2.40. The molecule has 0 fully saturated rings. The molecule has 2 heterocycles. The van der Waals surface area contributed by atoms with Crippen LogP contribution in [-0.4, -0.2) is 32.4 Å². The summed E-state index contributed by atoms with van der Waals surface area (Å²) in [5.41, 5.74) is 1.96. The highest BCUT2D eigenvalue weighted by molar-refractivity contribution is 5.93. The SMILES string of the molecule is O=C(NC1CCc2onc(CO)c2C1)c1ccnnc1. The molecule has 1 amide bonds. The van der Waals surface area contributed by atoms with Gasteiger partial charge in [-0.15, -0.1) is 0 Å². The summed E-state index contributed by atoms with van der Waals surface area (Å²) in [6, 6.07) is 1.63. The van der Waals surface area contributed by atoms with Crippen molar-refractivity contribution in [2.75, 3.05) is 0 Å². The van der Waals surface area contributed by atoms with Crippen LogP contribution in [0.4, 0.5) is 0 Å². The number of aliphatic hydroxyl groups excluding tert-OH is 1. The van der Waals surface area contributed by atoms with Gasteiger partial charge in [0.15, 0.2) is 0 Å². The Morgan fingerprint density at radius 1 is 1.50 bits per heavy atom. The number of carbonyl (C=O) groups is 1. The van der Waals surface area contributed by atoms with Crippen molar-refractivity contribution < 1.29 is 14.4 Å². The molecule has 0 aliphatic heterocycles. The second kappa shape index (κ2) is 5.38. The van der Waals surface area contributed by atoms with Gasteiger partial charge in [0.2, 0.25) is 0 Å². The summed E-state index contributed by atoms with van der Waals surface area (Å²) in [6.07, 6.45) is 5.04. The fraction of sp³-hybridized carbons (Fsp3) is 0.385. The molecule has 0 saturated heterocycles. The number of carbonyl (C=O) groups excluding carboxylic acids is 1. The molecule has 0 bridgehead atoms. The van der Waals surface area contributed by atoms with Crippen LogP contribution in [0, 0.1) is 0 Å². The van der Waals surface area contributed by atoms with Crippen LogP contribution in [0.5, 0.6) is 0 Å². The quantitative estimate of drug-likeness (QED) is 0.831. The zero-order valence-electron chi connectivity index (χ0n) is 10.7. The van der Waals surface area contributed by atoms with E-state index in [1.807, 2.05) is 0 Å². The molecular formula is C13H14N4O3. The third-order valence-corrected chi connectivity index (χ3v) is 3.45. The van der Waals surface area contributed by atoms with Gasteiger partial charge in [0.25, 0.3) is 5.91 Å². The van der Waals surface area contributed by atoms with Crippen molar-refractivity contribution in [1.29, 1.82) is 0 Å². The first-order chi connectivity index (χ1) is 9.78. The molecule has 2 N–H and O–H groups in total. The smallest absolute Gasteiger partial charge is 0.253 e. The minimum Gasteiger partial charge on any atom is -0.390 e. The molecule has 1 unspecified atom stereocenters. The summed E-state index contributed by atoms with van der Waals surface area (Å²) in [5, 5.41) is 23.3. The molecular weight excluding hydrogens is 260 g/mol. The van der Waals surface area contributed by atoms with Crippen LogP contribution >= 0.6 is 0 Å². The average Bonchev–Trinajstić information content (AvgIpc) is 2.90. The van der Waals surface area contributed by atoms with E-state index >= 15 is 0 Å². The van der Waals surface area contributed by atoms with E-state index in [1.54, 1.807) is 6.07 Å². The number of hydrogen-bond donors (Lipinski definition) is 2. The highest BCUT2D eigenvalue weighted by Crippen LogP contribution is 2.24. The van der Waals surface area contributed by atoms with Gasteiger partial charge < -0.3 is 14.9 Å². The lowest BCUT2D eigenvalue weighted by molar-refractivity contribution is 0.0932. The maximum atomic E-state index is 12.1. The van der Waals surface area contributed by atoms with Gasteiger partial charge in [-0.05, 0) is 18.9 Å². The molecule has 0 spiro atoms. The highest BCUT2D eigenvalue weighted by atomic mass is 16.5. The van der Waals surface area contributed by atoms with Gasteiger partial charge >= 0.3 is 0 Å². The molecule has 0 saturated carbocycles. The predicted molar refractivity (Wildman–Crippen MR) is 67.7 cm³/mol. The monoisotopic (exact) mass is 274 g/mol. The standard InChI is InChI=1S/C13H14N4O3/c18-7-11-10-5-9(1-2-12(10)20-17-11)16-13(19)8-3-4-14-15-6-8/h3-4,6,9,18H,1-2,5,7H2,(H,16,19). The summed E-state index contributed by atoms with van der Waals surface area (Å²) in [6.45, 7) is -0.145. The summed E-state index contributed by atoms with van der Waals surface area (Å²) in [5.74, 6) is 0.639. The van der Waals surface area contributed by atoms with Gasteiger partial charge in [0.05, 0.1) is 24.6 Å². The summed E-state index contributed by atoms with van der Waals surface area (Å²) >= 11 is 0. The Balaban J connectivity index is 1.70. The fourth-order valence-corrected chi connectivity index (χ4v) is 2.40. The van der Waals surface area contributed by atoms with Crippen molar-refractivity contribution in [1.82, 2.24) is 20.7 Å². The maximum absolute atomic E-state index is 12.1. The molecule has 104 valence electrons. The molecule has 1 aliphatic carbocycles. The molecule has 7 nitrogen and oxygen atoms in total. The van der Waals surface area contributed by atoms with Crippen LogP contribution in [0.2, 0.25) is 0 Å². The number of nitrogens with one attached hydrogen (secondary N) is 1. The van der Waals surface area contributed by atoms with Crippen molar-refractivity contribution >= 4 is 5.91 Å². The van der Waals surface area contributed by atoms with Crippen LogP contribution in [0.3, 0.4) is 0 Å². The number of aryl methyl sites for hydroxylation is 1. The summed E-state index contributed by atoms with van der Waals surface area (Å²) in [4.78, 5) is 12.1. The Kier molecular flexibility index (Phi) is 3.42. The van der Waals surface area contributed by atoms with Crippen molar-refractivity contribution in [2.24, 2.45) is 0 Å². The number of fused-ring (bicyclic) bond motifs is 1. The first-order valence-electron chi connectivity index (χ1n) is 6.42. The molecule has 1 atom stereocenters. The normalized spacial score (nSPS) is 17.6. The first kappa shape index (κ1) is 12.7. The lowest BCUT2D eigenvalue weighted by Gasteiger charge is -2.22. The minimum absolute atomic E-state index is 0.00728. The molecule has 2 aromatic heterocycles. The van der Waals surface area contributed by atoms with E-state index in [0.717, 1.165) is 17.7 Å². The van der Waals surface area contributed by atoms with E-state index in [1.165, 1.54) is 12.4 Å². The van der Waals surface area contributed by atoms with Gasteiger partial charge in [0.1, 0.15) is 11.5 Å². The molecule has 1 aliphatic rings. The van der Waals surface area contributed by atoms with Crippen LogP contribution < -0.4 is 5.32 Å². The van der Waals surface area contributed by atoms with E-state index in [4.69, 9.17) is 4.52 Å². The summed E-state index contributed by atoms with van der Waals surface area (Å²) < 4.78 is 5.17. The third-order valence-electron chi connectivity index (χ3n) is 3.45. The second-order valence-electron chi connectivity index (χ2n) is 4.73. The Labute approximate surface area is 115 Å². The van der Waals surface area contributed by atoms with Crippen LogP contribution in [0.1, 0.15) is 33.8 Å². The molecule has 0 aromatic carbocycles. The minimum atomic E-state index is -0.171. The van der Waals surface area contributed by atoms with Crippen molar-refractivity contribution in [3.8, 4) is 0 Å². The van der Waals surface area contributed by atoms with Gasteiger partial charge in [-0.2, -0.15) is 10.2 Å². The van der Waals surface area contributed by atoms with Gasteiger partial charge in [-0.25, -0.2) is 0 Å². The molecule has 7 heteroatoms. The Bertz CT molecular complexity index is 598. The maximum Gasteiger partial charge on any atom is 0.253 e.